The Bertz CT molecular complexity index is 670. The molecule has 0 aliphatic rings. The number of rotatable bonds is 3. The summed E-state index contributed by atoms with van der Waals surface area (Å²) in [6.07, 6.45) is 6.40. The van der Waals surface area contributed by atoms with Gasteiger partial charge in [0, 0.05) is 18.3 Å². The molecule has 2 rings (SSSR count). The Labute approximate surface area is 122 Å². The number of amides is 1. The molecule has 4 N–H and O–H groups in total. The predicted molar refractivity (Wildman–Crippen MR) is 81.6 cm³/mol. The standard InChI is InChI=1S/C14H19N5O2/c1-14(2,3)21-13(20)16-6-4-5-9-7-17-12-10(9)11(15)18-8-19-12/h4-5,7-8H,6H2,1-3H3,(H,16,20)(H3,15,17,18,19). The Morgan fingerprint density at radius 1 is 1.48 bits per heavy atom. The molecule has 7 nitrogen and oxygen atoms in total. The fourth-order valence-electron chi connectivity index (χ4n) is 1.79. The number of nitrogens with one attached hydrogen (secondary N) is 2. The Hall–Kier alpha value is -2.57. The molecule has 7 heteroatoms. The number of hydrogen-bond donors (Lipinski definition) is 3. The molecule has 0 fully saturated rings. The zero-order valence-corrected chi connectivity index (χ0v) is 12.3. The number of nitrogen functional groups attached to an aromatic ring is 1. The lowest BCUT2D eigenvalue weighted by molar-refractivity contribution is 0.0534. The molecule has 0 saturated carbocycles. The highest BCUT2D eigenvalue weighted by Crippen LogP contribution is 2.21. The van der Waals surface area contributed by atoms with Crippen LogP contribution in [0.4, 0.5) is 10.6 Å². The van der Waals surface area contributed by atoms with Crippen LogP contribution in [0.15, 0.2) is 18.6 Å². The van der Waals surface area contributed by atoms with E-state index in [-0.39, 0.29) is 0 Å². The van der Waals surface area contributed by atoms with Crippen LogP contribution in [0.25, 0.3) is 17.1 Å². The number of nitrogens with two attached hydrogens (primary N) is 1. The third kappa shape index (κ3) is 3.95. The van der Waals surface area contributed by atoms with Gasteiger partial charge in [-0.15, -0.1) is 0 Å². The molecule has 0 spiro atoms. The molecule has 0 aromatic carbocycles. The number of ether oxygens (including phenoxy) is 1. The lowest BCUT2D eigenvalue weighted by Gasteiger charge is -2.19. The summed E-state index contributed by atoms with van der Waals surface area (Å²) >= 11 is 0. The summed E-state index contributed by atoms with van der Waals surface area (Å²) < 4.78 is 5.13. The first-order chi connectivity index (χ1) is 9.87. The van der Waals surface area contributed by atoms with Crippen molar-refractivity contribution in [2.75, 3.05) is 12.3 Å². The third-order valence-corrected chi connectivity index (χ3v) is 2.59. The predicted octanol–water partition coefficient (Wildman–Crippen LogP) is 2.08. The summed E-state index contributed by atoms with van der Waals surface area (Å²) in [6, 6.07) is 0. The number of aromatic amines is 1. The molecule has 112 valence electrons. The van der Waals surface area contributed by atoms with Crippen LogP contribution in [0.5, 0.6) is 0 Å². The molecule has 2 heterocycles. The molecule has 0 saturated heterocycles. The second-order valence-electron chi connectivity index (χ2n) is 5.51. The number of alkyl carbamates (subject to hydrolysis) is 1. The Morgan fingerprint density at radius 3 is 2.95 bits per heavy atom. The van der Waals surface area contributed by atoms with Gasteiger partial charge in [-0.3, -0.25) is 0 Å². The number of aromatic nitrogens is 3. The fraction of sp³-hybridized carbons (Fsp3) is 0.357. The van der Waals surface area contributed by atoms with Crippen LogP contribution in [-0.2, 0) is 4.74 Å². The van der Waals surface area contributed by atoms with Crippen molar-refractivity contribution in [3.8, 4) is 0 Å². The van der Waals surface area contributed by atoms with Gasteiger partial charge in [-0.2, -0.15) is 0 Å². The van der Waals surface area contributed by atoms with Crippen molar-refractivity contribution in [1.29, 1.82) is 0 Å². The van der Waals surface area contributed by atoms with Gasteiger partial charge in [0.25, 0.3) is 0 Å². The van der Waals surface area contributed by atoms with Crippen molar-refractivity contribution in [1.82, 2.24) is 20.3 Å². The van der Waals surface area contributed by atoms with E-state index in [1.165, 1.54) is 6.33 Å². The Balaban J connectivity index is 1.97. The Morgan fingerprint density at radius 2 is 2.24 bits per heavy atom. The van der Waals surface area contributed by atoms with Gasteiger partial charge in [-0.05, 0) is 20.8 Å². The lowest BCUT2D eigenvalue weighted by atomic mass is 10.2. The van der Waals surface area contributed by atoms with Crippen molar-refractivity contribution in [3.63, 3.8) is 0 Å². The second kappa shape index (κ2) is 5.82. The molecular formula is C14H19N5O2. The zero-order valence-electron chi connectivity index (χ0n) is 12.3. The molecule has 0 unspecified atom stereocenters. The average Bonchev–Trinajstić information content (AvgIpc) is 2.77. The van der Waals surface area contributed by atoms with E-state index in [0.29, 0.717) is 18.0 Å². The molecule has 0 aliphatic carbocycles. The first-order valence-electron chi connectivity index (χ1n) is 6.58. The quantitative estimate of drug-likeness (QED) is 0.802. The summed E-state index contributed by atoms with van der Waals surface area (Å²) in [4.78, 5) is 22.5. The van der Waals surface area contributed by atoms with Crippen molar-refractivity contribution in [2.45, 2.75) is 26.4 Å². The van der Waals surface area contributed by atoms with Crippen LogP contribution >= 0.6 is 0 Å². The smallest absolute Gasteiger partial charge is 0.407 e. The maximum Gasteiger partial charge on any atom is 0.407 e. The summed E-state index contributed by atoms with van der Waals surface area (Å²) in [6.45, 7) is 5.81. The minimum atomic E-state index is -0.504. The van der Waals surface area contributed by atoms with Crippen molar-refractivity contribution in [3.05, 3.63) is 24.2 Å². The van der Waals surface area contributed by atoms with Gasteiger partial charge in [0.15, 0.2) is 0 Å². The minimum absolute atomic E-state index is 0.356. The Kier molecular flexibility index (Phi) is 4.11. The number of anilines is 1. The molecule has 21 heavy (non-hydrogen) atoms. The average molecular weight is 289 g/mol. The van der Waals surface area contributed by atoms with Crippen molar-refractivity contribution < 1.29 is 9.53 Å². The molecule has 0 atom stereocenters. The van der Waals surface area contributed by atoms with Crippen LogP contribution in [0.3, 0.4) is 0 Å². The van der Waals surface area contributed by atoms with Gasteiger partial charge in [-0.25, -0.2) is 14.8 Å². The highest BCUT2D eigenvalue weighted by atomic mass is 16.6. The summed E-state index contributed by atoms with van der Waals surface area (Å²) in [7, 11) is 0. The first-order valence-corrected chi connectivity index (χ1v) is 6.58. The highest BCUT2D eigenvalue weighted by molar-refractivity contribution is 5.94. The second-order valence-corrected chi connectivity index (χ2v) is 5.51. The number of H-pyrrole nitrogens is 1. The lowest BCUT2D eigenvalue weighted by Crippen LogP contribution is -2.32. The van der Waals surface area contributed by atoms with E-state index in [9.17, 15) is 4.79 Å². The molecule has 2 aromatic rings. The van der Waals surface area contributed by atoms with Gasteiger partial charge < -0.3 is 20.8 Å². The third-order valence-electron chi connectivity index (χ3n) is 2.59. The minimum Gasteiger partial charge on any atom is -0.444 e. The van der Waals surface area contributed by atoms with Crippen LogP contribution in [-0.4, -0.2) is 33.2 Å². The van der Waals surface area contributed by atoms with E-state index in [2.05, 4.69) is 20.3 Å². The zero-order chi connectivity index (χ0) is 15.5. The monoisotopic (exact) mass is 289 g/mol. The van der Waals surface area contributed by atoms with Crippen LogP contribution in [0, 0.1) is 0 Å². The van der Waals surface area contributed by atoms with E-state index in [1.54, 1.807) is 12.3 Å². The topological polar surface area (TPSA) is 106 Å². The maximum absolute atomic E-state index is 11.5. The van der Waals surface area contributed by atoms with Gasteiger partial charge in [0.1, 0.15) is 23.4 Å². The molecule has 0 bridgehead atoms. The highest BCUT2D eigenvalue weighted by Gasteiger charge is 2.15. The number of fused-ring (bicyclic) bond motifs is 1. The summed E-state index contributed by atoms with van der Waals surface area (Å²) in [5.41, 5.74) is 6.88. The largest absolute Gasteiger partial charge is 0.444 e. The van der Waals surface area contributed by atoms with E-state index in [1.807, 2.05) is 26.8 Å². The van der Waals surface area contributed by atoms with E-state index in [0.717, 1.165) is 10.9 Å². The SMILES string of the molecule is CC(C)(C)OC(=O)NCC=Cc1c[nH]c2ncnc(N)c12. The summed E-state index contributed by atoms with van der Waals surface area (Å²) in [5, 5.41) is 3.41. The maximum atomic E-state index is 11.5. The van der Waals surface area contributed by atoms with Crippen molar-refractivity contribution >= 4 is 29.0 Å². The molecular weight excluding hydrogens is 270 g/mol. The van der Waals surface area contributed by atoms with Gasteiger partial charge >= 0.3 is 6.09 Å². The van der Waals surface area contributed by atoms with Gasteiger partial charge in [-0.1, -0.05) is 12.2 Å². The number of hydrogen-bond acceptors (Lipinski definition) is 5. The molecule has 0 radical (unpaired) electrons. The van der Waals surface area contributed by atoms with Crippen LogP contribution in [0.2, 0.25) is 0 Å². The first kappa shape index (κ1) is 14.8. The van der Waals surface area contributed by atoms with E-state index < -0.39 is 11.7 Å². The van der Waals surface area contributed by atoms with Gasteiger partial charge in [0.05, 0.1) is 5.39 Å². The van der Waals surface area contributed by atoms with Crippen LogP contribution in [0.1, 0.15) is 26.3 Å². The van der Waals surface area contributed by atoms with E-state index in [4.69, 9.17) is 10.5 Å². The van der Waals surface area contributed by atoms with Gasteiger partial charge in [0.2, 0.25) is 0 Å². The van der Waals surface area contributed by atoms with Crippen molar-refractivity contribution in [2.24, 2.45) is 0 Å². The normalized spacial score (nSPS) is 12.0. The molecule has 2 aromatic heterocycles. The van der Waals surface area contributed by atoms with Crippen LogP contribution < -0.4 is 11.1 Å². The molecule has 0 aliphatic heterocycles. The molecule has 1 amide bonds. The summed E-state index contributed by atoms with van der Waals surface area (Å²) in [5.74, 6) is 0.418. The number of nitrogens with zero attached hydrogens (tertiary/aromatic N) is 2. The number of carbonyl (C=O) groups excluding carboxylic acids is 1. The fourth-order valence-corrected chi connectivity index (χ4v) is 1.79. The van der Waals surface area contributed by atoms with E-state index >= 15 is 0 Å². The number of carbonyl (C=O) groups is 1.